The first-order valence-corrected chi connectivity index (χ1v) is 8.21. The minimum atomic E-state index is -0.764. The highest BCUT2D eigenvalue weighted by atomic mass is 35.5. The average Bonchev–Trinajstić information content (AvgIpc) is 2.57. The molecule has 0 aliphatic carbocycles. The van der Waals surface area contributed by atoms with Gasteiger partial charge in [0, 0.05) is 33.9 Å². The standard InChI is InChI=1S/C18H18ClFN4O3/c1-24(8-13-14(19)3-2-4-15(13)20)9-16(25)23-12-6-10(17(21)26)5-11(7-12)18(22)27/h2-7H,8-9H2,1H3,(H2,21,26)(H2,22,27)(H,23,25). The second kappa shape index (κ2) is 8.61. The smallest absolute Gasteiger partial charge is 0.248 e. The van der Waals surface area contributed by atoms with E-state index in [1.54, 1.807) is 18.0 Å². The monoisotopic (exact) mass is 392 g/mol. The first kappa shape index (κ1) is 20.3. The molecule has 0 aromatic heterocycles. The van der Waals surface area contributed by atoms with E-state index in [-0.39, 0.29) is 40.5 Å². The van der Waals surface area contributed by atoms with Gasteiger partial charge in [-0.15, -0.1) is 0 Å². The molecule has 0 saturated heterocycles. The van der Waals surface area contributed by atoms with E-state index in [1.165, 1.54) is 30.3 Å². The van der Waals surface area contributed by atoms with Crippen LogP contribution in [-0.2, 0) is 11.3 Å². The third kappa shape index (κ3) is 5.50. The molecule has 0 aliphatic rings. The number of likely N-dealkylation sites (N-methyl/N-ethyl adjacent to an activating group) is 1. The number of hydrogen-bond acceptors (Lipinski definition) is 4. The first-order chi connectivity index (χ1) is 12.7. The second-order valence-corrected chi connectivity index (χ2v) is 6.36. The van der Waals surface area contributed by atoms with Gasteiger partial charge in [0.1, 0.15) is 5.82 Å². The molecule has 0 bridgehead atoms. The zero-order valence-electron chi connectivity index (χ0n) is 14.5. The van der Waals surface area contributed by atoms with E-state index < -0.39 is 23.5 Å². The van der Waals surface area contributed by atoms with Crippen LogP contribution in [0.15, 0.2) is 36.4 Å². The molecule has 7 nitrogen and oxygen atoms in total. The van der Waals surface area contributed by atoms with Gasteiger partial charge in [-0.05, 0) is 37.4 Å². The van der Waals surface area contributed by atoms with Gasteiger partial charge in [0.15, 0.2) is 0 Å². The lowest BCUT2D eigenvalue weighted by Crippen LogP contribution is -2.30. The maximum atomic E-state index is 13.8. The molecule has 5 N–H and O–H groups in total. The molecule has 2 rings (SSSR count). The van der Waals surface area contributed by atoms with Crippen molar-refractivity contribution in [2.75, 3.05) is 18.9 Å². The Kier molecular flexibility index (Phi) is 6.49. The highest BCUT2D eigenvalue weighted by Gasteiger charge is 2.14. The minimum Gasteiger partial charge on any atom is -0.366 e. The summed E-state index contributed by atoms with van der Waals surface area (Å²) in [7, 11) is 1.62. The number of nitrogens with two attached hydrogens (primary N) is 2. The molecule has 0 spiro atoms. The van der Waals surface area contributed by atoms with E-state index in [0.29, 0.717) is 0 Å². The van der Waals surface area contributed by atoms with E-state index in [2.05, 4.69) is 5.32 Å². The Morgan fingerprint density at radius 1 is 1.11 bits per heavy atom. The van der Waals surface area contributed by atoms with Crippen molar-refractivity contribution in [3.8, 4) is 0 Å². The lowest BCUT2D eigenvalue weighted by Gasteiger charge is -2.18. The number of amides is 3. The lowest BCUT2D eigenvalue weighted by molar-refractivity contribution is -0.117. The van der Waals surface area contributed by atoms with Gasteiger partial charge in [-0.1, -0.05) is 17.7 Å². The van der Waals surface area contributed by atoms with Gasteiger partial charge < -0.3 is 16.8 Å². The van der Waals surface area contributed by atoms with E-state index in [1.807, 2.05) is 0 Å². The van der Waals surface area contributed by atoms with Crippen LogP contribution < -0.4 is 16.8 Å². The molecule has 0 saturated carbocycles. The fourth-order valence-corrected chi connectivity index (χ4v) is 2.66. The van der Waals surface area contributed by atoms with Crippen molar-refractivity contribution in [3.05, 3.63) is 63.9 Å². The predicted molar refractivity (Wildman–Crippen MR) is 99.9 cm³/mol. The quantitative estimate of drug-likeness (QED) is 0.665. The van der Waals surface area contributed by atoms with E-state index in [4.69, 9.17) is 23.1 Å². The number of nitrogens with one attached hydrogen (secondary N) is 1. The molecule has 9 heteroatoms. The number of carbonyl (C=O) groups excluding carboxylic acids is 3. The van der Waals surface area contributed by atoms with Crippen LogP contribution >= 0.6 is 11.6 Å². The van der Waals surface area contributed by atoms with Crippen molar-refractivity contribution in [2.24, 2.45) is 11.5 Å². The number of hydrogen-bond donors (Lipinski definition) is 3. The van der Waals surface area contributed by atoms with E-state index >= 15 is 0 Å². The van der Waals surface area contributed by atoms with Crippen molar-refractivity contribution in [1.82, 2.24) is 4.90 Å². The average molecular weight is 393 g/mol. The topological polar surface area (TPSA) is 119 Å². The molecule has 2 aromatic carbocycles. The fraction of sp³-hybridized carbons (Fsp3) is 0.167. The first-order valence-electron chi connectivity index (χ1n) is 7.83. The number of rotatable bonds is 7. The Bertz CT molecular complexity index is 852. The molecule has 3 amide bonds. The predicted octanol–water partition coefficient (Wildman–Crippen LogP) is 1.75. The van der Waals surface area contributed by atoms with Gasteiger partial charge in [-0.25, -0.2) is 4.39 Å². The summed E-state index contributed by atoms with van der Waals surface area (Å²) < 4.78 is 13.8. The molecule has 0 fully saturated rings. The van der Waals surface area contributed by atoms with Gasteiger partial charge in [-0.2, -0.15) is 0 Å². The van der Waals surface area contributed by atoms with Gasteiger partial charge in [-0.3, -0.25) is 19.3 Å². The maximum absolute atomic E-state index is 13.8. The third-order valence-electron chi connectivity index (χ3n) is 3.69. The summed E-state index contributed by atoms with van der Waals surface area (Å²) in [5.74, 6) is -2.43. The molecule has 0 radical (unpaired) electrons. The van der Waals surface area contributed by atoms with Gasteiger partial charge in [0.05, 0.1) is 6.54 Å². The van der Waals surface area contributed by atoms with Crippen LogP contribution in [0.5, 0.6) is 0 Å². The van der Waals surface area contributed by atoms with Gasteiger partial charge >= 0.3 is 0 Å². The van der Waals surface area contributed by atoms with Crippen molar-refractivity contribution < 1.29 is 18.8 Å². The highest BCUT2D eigenvalue weighted by molar-refractivity contribution is 6.31. The highest BCUT2D eigenvalue weighted by Crippen LogP contribution is 2.20. The Morgan fingerprint density at radius 2 is 1.70 bits per heavy atom. The Hall–Kier alpha value is -2.97. The Balaban J connectivity index is 2.09. The fourth-order valence-electron chi connectivity index (χ4n) is 2.44. The van der Waals surface area contributed by atoms with Crippen molar-refractivity contribution in [3.63, 3.8) is 0 Å². The Labute approximate surface area is 160 Å². The molecule has 0 unspecified atom stereocenters. The van der Waals surface area contributed by atoms with Crippen molar-refractivity contribution in [1.29, 1.82) is 0 Å². The van der Waals surface area contributed by atoms with E-state index in [0.717, 1.165) is 0 Å². The largest absolute Gasteiger partial charge is 0.366 e. The number of benzene rings is 2. The Morgan fingerprint density at radius 3 is 2.22 bits per heavy atom. The van der Waals surface area contributed by atoms with Gasteiger partial charge in [0.25, 0.3) is 0 Å². The molecule has 142 valence electrons. The summed E-state index contributed by atoms with van der Waals surface area (Å²) in [6.07, 6.45) is 0. The minimum absolute atomic E-state index is 0.0353. The van der Waals surface area contributed by atoms with Crippen LogP contribution in [0.25, 0.3) is 0 Å². The molecule has 2 aromatic rings. The molecular formula is C18H18ClFN4O3. The van der Waals surface area contributed by atoms with Crippen molar-refractivity contribution >= 4 is 35.0 Å². The number of halogens is 2. The number of nitrogens with zero attached hydrogens (tertiary/aromatic N) is 1. The van der Waals surface area contributed by atoms with Crippen LogP contribution in [0, 0.1) is 5.82 Å². The van der Waals surface area contributed by atoms with Crippen molar-refractivity contribution in [2.45, 2.75) is 6.54 Å². The zero-order chi connectivity index (χ0) is 20.1. The summed E-state index contributed by atoms with van der Waals surface area (Å²) in [6, 6.07) is 8.26. The van der Waals surface area contributed by atoms with E-state index in [9.17, 15) is 18.8 Å². The third-order valence-corrected chi connectivity index (χ3v) is 4.04. The summed E-state index contributed by atoms with van der Waals surface area (Å²) >= 11 is 5.98. The molecule has 0 aliphatic heterocycles. The summed E-state index contributed by atoms with van der Waals surface area (Å²) in [6.45, 7) is 0.0319. The molecule has 27 heavy (non-hydrogen) atoms. The van der Waals surface area contributed by atoms with Crippen LogP contribution in [0.3, 0.4) is 0 Å². The number of anilines is 1. The summed E-state index contributed by atoms with van der Waals surface area (Å²) in [5.41, 5.74) is 11.0. The number of carbonyl (C=O) groups is 3. The normalized spacial score (nSPS) is 10.7. The lowest BCUT2D eigenvalue weighted by atomic mass is 10.1. The summed E-state index contributed by atoms with van der Waals surface area (Å²) in [4.78, 5) is 36.5. The van der Waals surface area contributed by atoms with Crippen LogP contribution in [-0.4, -0.2) is 36.2 Å². The van der Waals surface area contributed by atoms with Crippen LogP contribution in [0.4, 0.5) is 10.1 Å². The molecule has 0 atom stereocenters. The molecule has 0 heterocycles. The van der Waals surface area contributed by atoms with Crippen LogP contribution in [0.2, 0.25) is 5.02 Å². The zero-order valence-corrected chi connectivity index (χ0v) is 15.2. The SMILES string of the molecule is CN(CC(=O)Nc1cc(C(N)=O)cc(C(N)=O)c1)Cc1c(F)cccc1Cl. The maximum Gasteiger partial charge on any atom is 0.248 e. The summed E-state index contributed by atoms with van der Waals surface area (Å²) in [5, 5.41) is 2.82. The van der Waals surface area contributed by atoms with Gasteiger partial charge in [0.2, 0.25) is 17.7 Å². The molecular weight excluding hydrogens is 375 g/mol. The number of primary amides is 2. The second-order valence-electron chi connectivity index (χ2n) is 5.95. The van der Waals surface area contributed by atoms with Crippen LogP contribution in [0.1, 0.15) is 26.3 Å².